The lowest BCUT2D eigenvalue weighted by molar-refractivity contribution is 0.495. The monoisotopic (exact) mass is 262 g/mol. The molecule has 0 radical (unpaired) electrons. The first-order valence-corrected chi connectivity index (χ1v) is 5.59. The molecule has 1 N–H and O–H groups in total. The van der Waals surface area contributed by atoms with Crippen LogP contribution in [0.15, 0.2) is 12.1 Å². The maximum Gasteiger partial charge on any atom is 0.142 e. The van der Waals surface area contributed by atoms with Gasteiger partial charge in [-0.15, -0.1) is 12.4 Å². The molecule has 0 spiro atoms. The molecular formula is C11H13Cl2FN2. The van der Waals surface area contributed by atoms with E-state index in [9.17, 15) is 4.39 Å². The van der Waals surface area contributed by atoms with Crippen molar-refractivity contribution in [2.75, 3.05) is 24.5 Å². The molecule has 2 aliphatic rings. The number of hydrogen-bond donors (Lipinski definition) is 1. The lowest BCUT2D eigenvalue weighted by Gasteiger charge is -2.32. The molecule has 5 heteroatoms. The van der Waals surface area contributed by atoms with Gasteiger partial charge < -0.3 is 10.2 Å². The van der Waals surface area contributed by atoms with Crippen molar-refractivity contribution in [1.82, 2.24) is 5.32 Å². The van der Waals surface area contributed by atoms with Crippen LogP contribution in [0.1, 0.15) is 5.56 Å². The first-order chi connectivity index (χ1) is 7.25. The lowest BCUT2D eigenvalue weighted by Crippen LogP contribution is -2.49. The number of piperazine rings is 1. The van der Waals surface area contributed by atoms with E-state index in [4.69, 9.17) is 11.6 Å². The minimum Gasteiger partial charge on any atom is -0.365 e. The SMILES string of the molecule is Cl.Fc1cc2c(cc1Cl)N1CCNCC1C2. The predicted octanol–water partition coefficient (Wildman–Crippen LogP) is 2.24. The van der Waals surface area contributed by atoms with E-state index in [1.165, 1.54) is 0 Å². The van der Waals surface area contributed by atoms with Gasteiger partial charge in [-0.05, 0) is 24.1 Å². The Balaban J connectivity index is 0.000000963. The third-order valence-corrected chi connectivity index (χ3v) is 3.53. The van der Waals surface area contributed by atoms with E-state index >= 15 is 0 Å². The smallest absolute Gasteiger partial charge is 0.142 e. The molecule has 1 aromatic rings. The largest absolute Gasteiger partial charge is 0.365 e. The molecule has 0 amide bonds. The zero-order valence-electron chi connectivity index (χ0n) is 8.67. The van der Waals surface area contributed by atoms with Gasteiger partial charge in [0.2, 0.25) is 0 Å². The summed E-state index contributed by atoms with van der Waals surface area (Å²) in [4.78, 5) is 2.33. The zero-order chi connectivity index (χ0) is 10.4. The number of anilines is 1. The highest BCUT2D eigenvalue weighted by molar-refractivity contribution is 6.31. The summed E-state index contributed by atoms with van der Waals surface area (Å²) in [6, 6.07) is 3.82. The molecule has 0 aromatic heterocycles. The molecule has 0 aliphatic carbocycles. The van der Waals surface area contributed by atoms with Gasteiger partial charge in [0, 0.05) is 31.4 Å². The average Bonchev–Trinajstić information content (AvgIpc) is 2.57. The molecule has 1 aromatic carbocycles. The number of fused-ring (bicyclic) bond motifs is 3. The van der Waals surface area contributed by atoms with Crippen molar-refractivity contribution in [3.63, 3.8) is 0 Å². The normalized spacial score (nSPS) is 22.4. The molecule has 2 nitrogen and oxygen atoms in total. The van der Waals surface area contributed by atoms with Crippen LogP contribution >= 0.6 is 24.0 Å². The quantitative estimate of drug-likeness (QED) is 0.772. The fourth-order valence-corrected chi connectivity index (χ4v) is 2.68. The molecule has 88 valence electrons. The molecule has 1 fully saturated rings. The number of nitrogens with one attached hydrogen (secondary N) is 1. The predicted molar refractivity (Wildman–Crippen MR) is 66.4 cm³/mol. The van der Waals surface area contributed by atoms with Crippen LogP contribution < -0.4 is 10.2 Å². The highest BCUT2D eigenvalue weighted by atomic mass is 35.5. The van der Waals surface area contributed by atoms with Gasteiger partial charge in [0.05, 0.1) is 5.02 Å². The molecule has 2 heterocycles. The molecule has 1 atom stereocenters. The number of benzene rings is 1. The first kappa shape index (κ1) is 12.0. The molecule has 1 unspecified atom stereocenters. The van der Waals surface area contributed by atoms with Crippen LogP contribution in [0.4, 0.5) is 10.1 Å². The second-order valence-corrected chi connectivity index (χ2v) is 4.56. The van der Waals surface area contributed by atoms with Gasteiger partial charge in [-0.3, -0.25) is 0 Å². The van der Waals surface area contributed by atoms with E-state index in [1.807, 2.05) is 0 Å². The summed E-state index contributed by atoms with van der Waals surface area (Å²) >= 11 is 5.81. The standard InChI is InChI=1S/C11H12ClFN2.ClH/c12-9-5-11-7(4-10(9)13)3-8-6-14-1-2-15(8)11;/h4-5,8,14H,1-3,6H2;1H. The van der Waals surface area contributed by atoms with Crippen molar-refractivity contribution in [2.24, 2.45) is 0 Å². The number of rotatable bonds is 0. The summed E-state index contributed by atoms with van der Waals surface area (Å²) in [5, 5.41) is 3.58. The Morgan fingerprint density at radius 1 is 1.44 bits per heavy atom. The van der Waals surface area contributed by atoms with Gasteiger partial charge in [-0.1, -0.05) is 11.6 Å². The van der Waals surface area contributed by atoms with Crippen molar-refractivity contribution >= 4 is 29.7 Å². The summed E-state index contributed by atoms with van der Waals surface area (Å²) in [6.45, 7) is 2.96. The maximum atomic E-state index is 13.3. The van der Waals surface area contributed by atoms with Crippen LogP contribution in [-0.2, 0) is 6.42 Å². The average molecular weight is 263 g/mol. The van der Waals surface area contributed by atoms with Gasteiger partial charge in [-0.25, -0.2) is 4.39 Å². The van der Waals surface area contributed by atoms with Crippen LogP contribution in [0.3, 0.4) is 0 Å². The van der Waals surface area contributed by atoms with Gasteiger partial charge >= 0.3 is 0 Å². The fraction of sp³-hybridized carbons (Fsp3) is 0.455. The van der Waals surface area contributed by atoms with Crippen molar-refractivity contribution in [1.29, 1.82) is 0 Å². The van der Waals surface area contributed by atoms with Crippen LogP contribution in [0, 0.1) is 5.82 Å². The third kappa shape index (κ3) is 1.77. The van der Waals surface area contributed by atoms with Crippen LogP contribution in [0.25, 0.3) is 0 Å². The second-order valence-electron chi connectivity index (χ2n) is 4.15. The molecule has 3 rings (SSSR count). The van der Waals surface area contributed by atoms with Gasteiger partial charge in [-0.2, -0.15) is 0 Å². The molecule has 0 saturated carbocycles. The summed E-state index contributed by atoms with van der Waals surface area (Å²) < 4.78 is 13.3. The molecule has 1 saturated heterocycles. The van der Waals surface area contributed by atoms with Gasteiger partial charge in [0.1, 0.15) is 5.82 Å². The van der Waals surface area contributed by atoms with E-state index in [2.05, 4.69) is 10.2 Å². The Bertz CT molecular complexity index is 411. The Hall–Kier alpha value is -0.510. The highest BCUT2D eigenvalue weighted by Gasteiger charge is 2.31. The summed E-state index contributed by atoms with van der Waals surface area (Å²) in [5.74, 6) is -0.303. The fourth-order valence-electron chi connectivity index (χ4n) is 2.52. The van der Waals surface area contributed by atoms with Crippen molar-refractivity contribution in [2.45, 2.75) is 12.5 Å². The van der Waals surface area contributed by atoms with Crippen LogP contribution in [-0.4, -0.2) is 25.7 Å². The lowest BCUT2D eigenvalue weighted by atomic mass is 10.1. The van der Waals surface area contributed by atoms with E-state index in [1.54, 1.807) is 12.1 Å². The maximum absolute atomic E-state index is 13.3. The van der Waals surface area contributed by atoms with Gasteiger partial charge in [0.15, 0.2) is 0 Å². The van der Waals surface area contributed by atoms with Gasteiger partial charge in [0.25, 0.3) is 0 Å². The molecule has 0 bridgehead atoms. The first-order valence-electron chi connectivity index (χ1n) is 5.21. The Morgan fingerprint density at radius 2 is 2.25 bits per heavy atom. The van der Waals surface area contributed by atoms with Crippen molar-refractivity contribution in [3.8, 4) is 0 Å². The van der Waals surface area contributed by atoms with E-state index in [0.717, 1.165) is 37.3 Å². The Kier molecular flexibility index (Phi) is 3.29. The number of nitrogens with zero attached hydrogens (tertiary/aromatic N) is 1. The molecule has 2 aliphatic heterocycles. The zero-order valence-corrected chi connectivity index (χ0v) is 10.2. The van der Waals surface area contributed by atoms with E-state index < -0.39 is 0 Å². The van der Waals surface area contributed by atoms with Crippen molar-refractivity contribution in [3.05, 3.63) is 28.5 Å². The van der Waals surface area contributed by atoms with E-state index in [-0.39, 0.29) is 23.2 Å². The van der Waals surface area contributed by atoms with Crippen molar-refractivity contribution < 1.29 is 4.39 Å². The Morgan fingerprint density at radius 3 is 3.06 bits per heavy atom. The second kappa shape index (κ2) is 4.40. The summed E-state index contributed by atoms with van der Waals surface area (Å²) in [5.41, 5.74) is 2.21. The highest BCUT2D eigenvalue weighted by Crippen LogP contribution is 2.36. The minimum absolute atomic E-state index is 0. The third-order valence-electron chi connectivity index (χ3n) is 3.24. The number of hydrogen-bond acceptors (Lipinski definition) is 2. The van der Waals surface area contributed by atoms with Crippen LogP contribution in [0.2, 0.25) is 5.02 Å². The Labute approximate surface area is 105 Å². The summed E-state index contributed by atoms with van der Waals surface area (Å²) in [7, 11) is 0. The molecular weight excluding hydrogens is 250 g/mol. The van der Waals surface area contributed by atoms with E-state index in [0.29, 0.717) is 6.04 Å². The molecule has 16 heavy (non-hydrogen) atoms. The topological polar surface area (TPSA) is 15.3 Å². The minimum atomic E-state index is -0.303. The summed E-state index contributed by atoms with van der Waals surface area (Å²) in [6.07, 6.45) is 0.927. The van der Waals surface area contributed by atoms with Crippen LogP contribution in [0.5, 0.6) is 0 Å². The number of halogens is 3.